The van der Waals surface area contributed by atoms with E-state index in [4.69, 9.17) is 11.0 Å². The van der Waals surface area contributed by atoms with Crippen molar-refractivity contribution in [2.24, 2.45) is 17.1 Å². The van der Waals surface area contributed by atoms with Crippen LogP contribution >= 0.6 is 0 Å². The van der Waals surface area contributed by atoms with Gasteiger partial charge in [0.05, 0.1) is 17.5 Å². The van der Waals surface area contributed by atoms with E-state index in [1.54, 1.807) is 13.0 Å². The van der Waals surface area contributed by atoms with Crippen molar-refractivity contribution in [2.45, 2.75) is 38.4 Å². The molecule has 2 N–H and O–H groups in total. The Balaban J connectivity index is 2.58. The van der Waals surface area contributed by atoms with Gasteiger partial charge in [-0.25, -0.2) is 0 Å². The zero-order valence-corrected chi connectivity index (χ0v) is 7.93. The molecular weight excluding hydrogens is 193 g/mol. The van der Waals surface area contributed by atoms with Crippen LogP contribution in [-0.2, 0) is 0 Å². The van der Waals surface area contributed by atoms with Crippen LogP contribution in [0.25, 0.3) is 0 Å². The molecule has 5 heteroatoms. The van der Waals surface area contributed by atoms with Crippen molar-refractivity contribution in [1.29, 1.82) is 5.26 Å². The van der Waals surface area contributed by atoms with Gasteiger partial charge < -0.3 is 5.73 Å². The van der Waals surface area contributed by atoms with E-state index in [0.29, 0.717) is 0 Å². The molecule has 0 saturated heterocycles. The van der Waals surface area contributed by atoms with Crippen LogP contribution in [0.3, 0.4) is 0 Å². The second kappa shape index (κ2) is 3.43. The largest absolute Gasteiger partial charge is 0.394 e. The van der Waals surface area contributed by atoms with Crippen LogP contribution in [0, 0.1) is 22.7 Å². The lowest BCUT2D eigenvalue weighted by molar-refractivity contribution is -0.191. The number of rotatable bonds is 3. The molecule has 0 amide bonds. The first-order valence-electron chi connectivity index (χ1n) is 4.54. The topological polar surface area (TPSA) is 49.8 Å². The Morgan fingerprint density at radius 1 is 1.50 bits per heavy atom. The molecule has 1 aliphatic rings. The molecule has 1 unspecified atom stereocenters. The smallest absolute Gasteiger partial charge is 0.316 e. The number of hydrogen-bond acceptors (Lipinski definition) is 2. The average molecular weight is 206 g/mol. The van der Waals surface area contributed by atoms with E-state index in [0.717, 1.165) is 0 Å². The van der Waals surface area contributed by atoms with E-state index >= 15 is 0 Å². The maximum atomic E-state index is 12.5. The number of hydrogen-bond donors (Lipinski definition) is 1. The normalized spacial score (nSPS) is 23.7. The van der Waals surface area contributed by atoms with Crippen LogP contribution < -0.4 is 5.73 Å². The van der Waals surface area contributed by atoms with Crippen LogP contribution in [0.2, 0.25) is 0 Å². The lowest BCUT2D eigenvalue weighted by Gasteiger charge is -2.23. The Morgan fingerprint density at radius 3 is 2.29 bits per heavy atom. The van der Waals surface area contributed by atoms with Gasteiger partial charge in [-0.15, -0.1) is 0 Å². The van der Waals surface area contributed by atoms with Crippen LogP contribution in [0.1, 0.15) is 26.2 Å². The van der Waals surface area contributed by atoms with Gasteiger partial charge in [-0.3, -0.25) is 0 Å². The van der Waals surface area contributed by atoms with Crippen molar-refractivity contribution in [3.8, 4) is 6.07 Å². The van der Waals surface area contributed by atoms with Gasteiger partial charge in [0.25, 0.3) is 0 Å². The third-order valence-corrected chi connectivity index (χ3v) is 2.93. The maximum Gasteiger partial charge on any atom is 0.394 e. The third kappa shape index (κ3) is 2.01. The number of nitrogens with two attached hydrogens (primary N) is 1. The minimum absolute atomic E-state index is 0.0226. The van der Waals surface area contributed by atoms with E-state index in [1.807, 2.05) is 0 Å². The molecule has 0 spiro atoms. The minimum atomic E-state index is -4.14. The lowest BCUT2D eigenvalue weighted by atomic mass is 9.88. The van der Waals surface area contributed by atoms with Gasteiger partial charge in [-0.1, -0.05) is 6.92 Å². The summed E-state index contributed by atoms with van der Waals surface area (Å²) in [6.07, 6.45) is -3.81. The van der Waals surface area contributed by atoms with Gasteiger partial charge in [0.2, 0.25) is 0 Å². The predicted octanol–water partition coefficient (Wildman–Crippen LogP) is 2.21. The Morgan fingerprint density at radius 2 is 2.00 bits per heavy atom. The van der Waals surface area contributed by atoms with Crippen molar-refractivity contribution in [3.05, 3.63) is 0 Å². The molecule has 1 saturated carbocycles. The van der Waals surface area contributed by atoms with E-state index in [-0.39, 0.29) is 19.3 Å². The second-order valence-electron chi connectivity index (χ2n) is 4.11. The fourth-order valence-electron chi connectivity index (χ4n) is 1.62. The molecule has 14 heavy (non-hydrogen) atoms. The van der Waals surface area contributed by atoms with E-state index in [1.165, 1.54) is 0 Å². The Labute approximate surface area is 80.9 Å². The number of halogens is 3. The zero-order chi connectivity index (χ0) is 11.0. The van der Waals surface area contributed by atoms with Crippen LogP contribution in [-0.4, -0.2) is 12.2 Å². The Kier molecular flexibility index (Phi) is 2.77. The predicted molar refractivity (Wildman–Crippen MR) is 45.1 cm³/mol. The molecule has 2 atom stereocenters. The molecule has 2 nitrogen and oxygen atoms in total. The van der Waals surface area contributed by atoms with Crippen molar-refractivity contribution >= 4 is 0 Å². The van der Waals surface area contributed by atoms with Crippen molar-refractivity contribution in [3.63, 3.8) is 0 Å². The summed E-state index contributed by atoms with van der Waals surface area (Å²) in [6.45, 7) is 1.60. The monoisotopic (exact) mass is 206 g/mol. The molecule has 0 aromatic rings. The van der Waals surface area contributed by atoms with Gasteiger partial charge >= 0.3 is 6.18 Å². The Bertz CT molecular complexity index is 250. The summed E-state index contributed by atoms with van der Waals surface area (Å²) >= 11 is 0. The van der Waals surface area contributed by atoms with E-state index in [9.17, 15) is 13.2 Å². The first kappa shape index (κ1) is 11.3. The molecule has 80 valence electrons. The second-order valence-corrected chi connectivity index (χ2v) is 4.11. The van der Waals surface area contributed by atoms with E-state index in [2.05, 4.69) is 0 Å². The van der Waals surface area contributed by atoms with Crippen LogP contribution in [0.4, 0.5) is 13.2 Å². The highest BCUT2D eigenvalue weighted by Gasteiger charge is 2.63. The summed E-state index contributed by atoms with van der Waals surface area (Å²) in [7, 11) is 0. The highest BCUT2D eigenvalue weighted by atomic mass is 19.4. The minimum Gasteiger partial charge on any atom is -0.316 e. The van der Waals surface area contributed by atoms with Crippen molar-refractivity contribution in [2.75, 3.05) is 0 Å². The summed E-state index contributed by atoms with van der Waals surface area (Å²) < 4.78 is 37.5. The summed E-state index contributed by atoms with van der Waals surface area (Å²) in [5, 5.41) is 8.47. The van der Waals surface area contributed by atoms with Crippen LogP contribution in [0.5, 0.6) is 0 Å². The maximum absolute atomic E-state index is 12.5. The fourth-order valence-corrected chi connectivity index (χ4v) is 1.62. The molecule has 1 aliphatic carbocycles. The average Bonchev–Trinajstić information content (AvgIpc) is 2.82. The SMILES string of the molecule is CC(CC1(C(F)(F)F)CC1)[C@H](N)C#N. The lowest BCUT2D eigenvalue weighted by Crippen LogP contribution is -2.33. The standard InChI is InChI=1S/C9H13F3N2/c1-6(7(14)5-13)4-8(2-3-8)9(10,11)12/h6-7H,2-4,14H2,1H3/t6?,7-/m1/s1. The number of alkyl halides is 3. The number of nitrogens with zero attached hydrogens (tertiary/aromatic N) is 1. The molecule has 0 aromatic carbocycles. The van der Waals surface area contributed by atoms with Crippen molar-refractivity contribution < 1.29 is 13.2 Å². The molecule has 0 aliphatic heterocycles. The summed E-state index contributed by atoms with van der Waals surface area (Å²) in [5.74, 6) is -0.399. The van der Waals surface area contributed by atoms with Gasteiger partial charge in [-0.2, -0.15) is 18.4 Å². The van der Waals surface area contributed by atoms with Gasteiger partial charge in [-0.05, 0) is 25.2 Å². The zero-order valence-electron chi connectivity index (χ0n) is 7.93. The highest BCUT2D eigenvalue weighted by Crippen LogP contribution is 2.61. The van der Waals surface area contributed by atoms with E-state index < -0.39 is 23.6 Å². The molecule has 0 radical (unpaired) electrons. The first-order chi connectivity index (χ1) is 6.32. The molecule has 1 rings (SSSR count). The molecule has 0 bridgehead atoms. The van der Waals surface area contributed by atoms with Gasteiger partial charge in [0, 0.05) is 0 Å². The first-order valence-corrected chi connectivity index (χ1v) is 4.54. The summed E-state index contributed by atoms with van der Waals surface area (Å²) in [6, 6.07) is 0.980. The molecule has 1 fully saturated rings. The van der Waals surface area contributed by atoms with Gasteiger partial charge in [0.1, 0.15) is 0 Å². The van der Waals surface area contributed by atoms with Gasteiger partial charge in [0.15, 0.2) is 0 Å². The summed E-state index contributed by atoms with van der Waals surface area (Å²) in [5.41, 5.74) is 3.83. The molecule has 0 heterocycles. The third-order valence-electron chi connectivity index (χ3n) is 2.93. The number of nitriles is 1. The molecular formula is C9H13F3N2. The quantitative estimate of drug-likeness (QED) is 0.769. The fraction of sp³-hybridized carbons (Fsp3) is 0.889. The van der Waals surface area contributed by atoms with Crippen molar-refractivity contribution in [1.82, 2.24) is 0 Å². The Hall–Kier alpha value is -0.760. The summed E-state index contributed by atoms with van der Waals surface area (Å²) in [4.78, 5) is 0. The highest BCUT2D eigenvalue weighted by molar-refractivity contribution is 5.03. The van der Waals surface area contributed by atoms with Crippen LogP contribution in [0.15, 0.2) is 0 Å². The molecule has 0 aromatic heterocycles.